The van der Waals surface area contributed by atoms with E-state index in [0.29, 0.717) is 31.8 Å². The smallest absolute Gasteiger partial charge is 0.255 e. The van der Waals surface area contributed by atoms with Gasteiger partial charge in [-0.3, -0.25) is 9.59 Å². The molecule has 0 aromatic carbocycles. The Bertz CT molecular complexity index is 743. The van der Waals surface area contributed by atoms with Crippen molar-refractivity contribution in [1.82, 2.24) is 14.2 Å². The maximum Gasteiger partial charge on any atom is 0.255 e. The van der Waals surface area contributed by atoms with E-state index in [1.165, 1.54) is 0 Å². The first-order valence-corrected chi connectivity index (χ1v) is 8.21. The molecule has 1 aliphatic rings. The van der Waals surface area contributed by atoms with Gasteiger partial charge in [0.05, 0.1) is 12.2 Å². The zero-order chi connectivity index (χ0) is 16.4. The standard InChI is InChI=1S/C16H18BrN3O3/c1-23-7-6-18-4-5-19(11-15(18)21)16(22)12-8-14-3-2-13(17)10-20(14)9-12/h2-3,8-10H,4-7,11H2,1H3. The molecule has 1 saturated heterocycles. The molecule has 0 bridgehead atoms. The Balaban J connectivity index is 1.71. The Labute approximate surface area is 142 Å². The minimum absolute atomic E-state index is 0.0341. The molecule has 6 nitrogen and oxygen atoms in total. The fraction of sp³-hybridized carbons (Fsp3) is 0.375. The highest BCUT2D eigenvalue weighted by atomic mass is 79.9. The van der Waals surface area contributed by atoms with Crippen LogP contribution in [0.3, 0.4) is 0 Å². The number of rotatable bonds is 4. The van der Waals surface area contributed by atoms with Crippen LogP contribution >= 0.6 is 15.9 Å². The average Bonchev–Trinajstić information content (AvgIpc) is 2.96. The highest BCUT2D eigenvalue weighted by Gasteiger charge is 2.27. The predicted molar refractivity (Wildman–Crippen MR) is 89.5 cm³/mol. The van der Waals surface area contributed by atoms with E-state index in [4.69, 9.17) is 4.74 Å². The topological polar surface area (TPSA) is 54.3 Å². The molecule has 2 aromatic rings. The molecule has 3 heterocycles. The Kier molecular flexibility index (Phi) is 4.68. The van der Waals surface area contributed by atoms with Gasteiger partial charge in [0.1, 0.15) is 6.54 Å². The van der Waals surface area contributed by atoms with Gasteiger partial charge in [0.2, 0.25) is 5.91 Å². The lowest BCUT2D eigenvalue weighted by Gasteiger charge is -2.34. The molecule has 7 heteroatoms. The van der Waals surface area contributed by atoms with Crippen LogP contribution in [0.1, 0.15) is 10.4 Å². The summed E-state index contributed by atoms with van der Waals surface area (Å²) >= 11 is 3.41. The van der Waals surface area contributed by atoms with Crippen LogP contribution < -0.4 is 0 Å². The molecule has 0 saturated carbocycles. The fourth-order valence-corrected chi connectivity index (χ4v) is 3.05. The molecular weight excluding hydrogens is 362 g/mol. The first-order chi connectivity index (χ1) is 11.1. The maximum atomic E-state index is 12.6. The molecule has 2 aromatic heterocycles. The molecular formula is C16H18BrN3O3. The number of amides is 2. The quantitative estimate of drug-likeness (QED) is 0.811. The van der Waals surface area contributed by atoms with Crippen molar-refractivity contribution in [3.05, 3.63) is 40.6 Å². The van der Waals surface area contributed by atoms with Crippen molar-refractivity contribution in [2.24, 2.45) is 0 Å². The molecule has 0 spiro atoms. The molecule has 1 fully saturated rings. The van der Waals surface area contributed by atoms with Gasteiger partial charge in [-0.05, 0) is 34.1 Å². The van der Waals surface area contributed by atoms with E-state index in [0.717, 1.165) is 9.99 Å². The Morgan fingerprint density at radius 1 is 1.30 bits per heavy atom. The zero-order valence-corrected chi connectivity index (χ0v) is 14.5. The summed E-state index contributed by atoms with van der Waals surface area (Å²) < 4.78 is 7.84. The van der Waals surface area contributed by atoms with Crippen LogP contribution in [0.4, 0.5) is 0 Å². The number of pyridine rings is 1. The van der Waals surface area contributed by atoms with E-state index in [-0.39, 0.29) is 18.4 Å². The van der Waals surface area contributed by atoms with Crippen LogP contribution in [-0.4, -0.2) is 65.9 Å². The van der Waals surface area contributed by atoms with Crippen molar-refractivity contribution in [1.29, 1.82) is 0 Å². The third kappa shape index (κ3) is 3.40. The first-order valence-electron chi connectivity index (χ1n) is 7.42. The van der Waals surface area contributed by atoms with Crippen molar-refractivity contribution < 1.29 is 14.3 Å². The van der Waals surface area contributed by atoms with Gasteiger partial charge in [-0.15, -0.1) is 0 Å². The Morgan fingerprint density at radius 3 is 2.87 bits per heavy atom. The second-order valence-electron chi connectivity index (χ2n) is 5.51. The van der Waals surface area contributed by atoms with Gasteiger partial charge in [0, 0.05) is 49.1 Å². The molecule has 0 atom stereocenters. The lowest BCUT2D eigenvalue weighted by atomic mass is 10.2. The molecule has 23 heavy (non-hydrogen) atoms. The lowest BCUT2D eigenvalue weighted by molar-refractivity contribution is -0.135. The van der Waals surface area contributed by atoms with Crippen LogP contribution in [-0.2, 0) is 9.53 Å². The first kappa shape index (κ1) is 16.0. The minimum atomic E-state index is -0.107. The van der Waals surface area contributed by atoms with Crippen molar-refractivity contribution in [2.75, 3.05) is 39.9 Å². The molecule has 2 amide bonds. The van der Waals surface area contributed by atoms with Crippen molar-refractivity contribution >= 4 is 33.3 Å². The molecule has 1 aliphatic heterocycles. The van der Waals surface area contributed by atoms with Gasteiger partial charge in [0.25, 0.3) is 5.91 Å². The van der Waals surface area contributed by atoms with E-state index < -0.39 is 0 Å². The molecule has 0 unspecified atom stereocenters. The third-order valence-corrected chi connectivity index (χ3v) is 4.44. The summed E-state index contributed by atoms with van der Waals surface area (Å²) in [5, 5.41) is 0. The SMILES string of the molecule is COCCN1CCN(C(=O)c2cc3ccc(Br)cn3c2)CC1=O. The Morgan fingerprint density at radius 2 is 2.13 bits per heavy atom. The largest absolute Gasteiger partial charge is 0.383 e. The molecule has 0 radical (unpaired) electrons. The number of ether oxygens (including phenoxy) is 1. The Hall–Kier alpha value is -1.86. The number of piperazine rings is 1. The van der Waals surface area contributed by atoms with Crippen LogP contribution in [0.25, 0.3) is 5.52 Å². The number of hydrogen-bond acceptors (Lipinski definition) is 3. The van der Waals surface area contributed by atoms with Gasteiger partial charge < -0.3 is 18.9 Å². The summed E-state index contributed by atoms with van der Waals surface area (Å²) in [5.74, 6) is -0.141. The molecule has 3 rings (SSSR count). The second-order valence-corrected chi connectivity index (χ2v) is 6.42. The molecule has 0 aliphatic carbocycles. The third-order valence-electron chi connectivity index (χ3n) is 3.97. The second kappa shape index (κ2) is 6.72. The molecule has 0 N–H and O–H groups in total. The number of methoxy groups -OCH3 is 1. The van der Waals surface area contributed by atoms with Crippen molar-refractivity contribution in [3.63, 3.8) is 0 Å². The van der Waals surface area contributed by atoms with E-state index in [1.54, 1.807) is 23.1 Å². The number of fused-ring (bicyclic) bond motifs is 1. The van der Waals surface area contributed by atoms with Crippen LogP contribution in [0.2, 0.25) is 0 Å². The monoisotopic (exact) mass is 379 g/mol. The van der Waals surface area contributed by atoms with Gasteiger partial charge in [-0.1, -0.05) is 0 Å². The van der Waals surface area contributed by atoms with Crippen molar-refractivity contribution in [3.8, 4) is 0 Å². The number of carbonyl (C=O) groups excluding carboxylic acids is 2. The fourth-order valence-electron chi connectivity index (χ4n) is 2.70. The lowest BCUT2D eigenvalue weighted by Crippen LogP contribution is -2.52. The molecule has 122 valence electrons. The number of nitrogens with zero attached hydrogens (tertiary/aromatic N) is 3. The summed E-state index contributed by atoms with van der Waals surface area (Å²) in [4.78, 5) is 28.1. The zero-order valence-electron chi connectivity index (χ0n) is 12.9. The van der Waals surface area contributed by atoms with E-state index in [9.17, 15) is 9.59 Å². The van der Waals surface area contributed by atoms with Gasteiger partial charge in [-0.2, -0.15) is 0 Å². The number of halogens is 1. The summed E-state index contributed by atoms with van der Waals surface area (Å²) in [5.41, 5.74) is 1.54. The van der Waals surface area contributed by atoms with Crippen LogP contribution in [0.15, 0.2) is 35.1 Å². The highest BCUT2D eigenvalue weighted by molar-refractivity contribution is 9.10. The normalized spacial score (nSPS) is 15.5. The summed E-state index contributed by atoms with van der Waals surface area (Å²) in [6.45, 7) is 2.30. The van der Waals surface area contributed by atoms with Crippen LogP contribution in [0, 0.1) is 0 Å². The number of aromatic nitrogens is 1. The summed E-state index contributed by atoms with van der Waals surface area (Å²) in [7, 11) is 1.61. The van der Waals surface area contributed by atoms with Crippen LogP contribution in [0.5, 0.6) is 0 Å². The summed E-state index contributed by atoms with van der Waals surface area (Å²) in [6, 6.07) is 5.72. The minimum Gasteiger partial charge on any atom is -0.383 e. The highest BCUT2D eigenvalue weighted by Crippen LogP contribution is 2.17. The van der Waals surface area contributed by atoms with E-state index in [2.05, 4.69) is 15.9 Å². The van der Waals surface area contributed by atoms with Gasteiger partial charge in [0.15, 0.2) is 0 Å². The van der Waals surface area contributed by atoms with E-state index >= 15 is 0 Å². The predicted octanol–water partition coefficient (Wildman–Crippen LogP) is 1.63. The maximum absolute atomic E-state index is 12.6. The van der Waals surface area contributed by atoms with Gasteiger partial charge >= 0.3 is 0 Å². The number of carbonyl (C=O) groups is 2. The van der Waals surface area contributed by atoms with E-state index in [1.807, 2.05) is 28.8 Å². The number of hydrogen-bond donors (Lipinski definition) is 0. The van der Waals surface area contributed by atoms with Crippen molar-refractivity contribution in [2.45, 2.75) is 0 Å². The average molecular weight is 380 g/mol. The summed E-state index contributed by atoms with van der Waals surface area (Å²) in [6.07, 6.45) is 3.70. The van der Waals surface area contributed by atoms with Gasteiger partial charge in [-0.25, -0.2) is 0 Å².